The number of nitrogens with zero attached hydrogens (tertiary/aromatic N) is 2. The highest BCUT2D eigenvalue weighted by atomic mass is 35.5. The predicted octanol–water partition coefficient (Wildman–Crippen LogP) is 3.02. The standard InChI is InChI=1S/C11H8ClFN2/c12-5-8-6-14-11(15-7-8)9-1-3-10(13)4-2-9/h1-4,6-7H,5H2. The molecule has 2 aromatic rings. The van der Waals surface area contributed by atoms with E-state index in [4.69, 9.17) is 11.6 Å². The Bertz CT molecular complexity index is 439. The maximum absolute atomic E-state index is 12.7. The second-order valence-corrected chi connectivity index (χ2v) is 3.32. The molecular formula is C11H8ClFN2. The minimum atomic E-state index is -0.267. The van der Waals surface area contributed by atoms with Crippen LogP contribution >= 0.6 is 11.6 Å². The third kappa shape index (κ3) is 2.30. The molecule has 0 N–H and O–H groups in total. The molecule has 0 aliphatic heterocycles. The maximum Gasteiger partial charge on any atom is 0.159 e. The van der Waals surface area contributed by atoms with Crippen LogP contribution in [-0.2, 0) is 5.88 Å². The van der Waals surface area contributed by atoms with E-state index in [2.05, 4.69) is 9.97 Å². The first-order valence-electron chi connectivity index (χ1n) is 4.42. The minimum absolute atomic E-state index is 0.267. The predicted molar refractivity (Wildman–Crippen MR) is 57.0 cm³/mol. The van der Waals surface area contributed by atoms with Gasteiger partial charge in [0.1, 0.15) is 5.82 Å². The van der Waals surface area contributed by atoms with Gasteiger partial charge < -0.3 is 0 Å². The second kappa shape index (κ2) is 4.36. The van der Waals surface area contributed by atoms with Crippen LogP contribution in [0.5, 0.6) is 0 Å². The van der Waals surface area contributed by atoms with Gasteiger partial charge >= 0.3 is 0 Å². The Balaban J connectivity index is 2.33. The molecule has 0 saturated carbocycles. The van der Waals surface area contributed by atoms with E-state index in [0.29, 0.717) is 11.7 Å². The SMILES string of the molecule is Fc1ccc(-c2ncc(CCl)cn2)cc1. The lowest BCUT2D eigenvalue weighted by Crippen LogP contribution is -1.90. The number of benzene rings is 1. The molecule has 0 radical (unpaired) electrons. The number of hydrogen-bond donors (Lipinski definition) is 0. The van der Waals surface area contributed by atoms with Gasteiger partial charge in [-0.1, -0.05) is 0 Å². The van der Waals surface area contributed by atoms with E-state index in [9.17, 15) is 4.39 Å². The van der Waals surface area contributed by atoms with Crippen molar-refractivity contribution in [2.24, 2.45) is 0 Å². The summed E-state index contributed by atoms with van der Waals surface area (Å²) in [6, 6.07) is 6.05. The summed E-state index contributed by atoms with van der Waals surface area (Å²) in [7, 11) is 0. The fourth-order valence-corrected chi connectivity index (χ4v) is 1.31. The zero-order valence-electron chi connectivity index (χ0n) is 7.82. The van der Waals surface area contributed by atoms with Crippen molar-refractivity contribution in [1.29, 1.82) is 0 Å². The molecular weight excluding hydrogens is 215 g/mol. The monoisotopic (exact) mass is 222 g/mol. The number of rotatable bonds is 2. The van der Waals surface area contributed by atoms with Gasteiger partial charge in [0, 0.05) is 23.5 Å². The zero-order valence-corrected chi connectivity index (χ0v) is 8.58. The lowest BCUT2D eigenvalue weighted by molar-refractivity contribution is 0.628. The summed E-state index contributed by atoms with van der Waals surface area (Å²) in [6.45, 7) is 0. The van der Waals surface area contributed by atoms with Crippen molar-refractivity contribution in [3.63, 3.8) is 0 Å². The molecule has 1 aromatic heterocycles. The van der Waals surface area contributed by atoms with E-state index >= 15 is 0 Å². The van der Waals surface area contributed by atoms with E-state index in [0.717, 1.165) is 11.1 Å². The van der Waals surface area contributed by atoms with Crippen LogP contribution in [0.4, 0.5) is 4.39 Å². The fraction of sp³-hybridized carbons (Fsp3) is 0.0909. The molecule has 76 valence electrons. The van der Waals surface area contributed by atoms with Crippen LogP contribution in [0.3, 0.4) is 0 Å². The lowest BCUT2D eigenvalue weighted by atomic mass is 10.2. The van der Waals surface area contributed by atoms with Crippen molar-refractivity contribution in [3.8, 4) is 11.4 Å². The topological polar surface area (TPSA) is 25.8 Å². The Hall–Kier alpha value is -1.48. The number of halogens is 2. The average molecular weight is 223 g/mol. The molecule has 2 nitrogen and oxygen atoms in total. The molecule has 0 bridgehead atoms. The van der Waals surface area contributed by atoms with Crippen LogP contribution < -0.4 is 0 Å². The van der Waals surface area contributed by atoms with E-state index in [1.165, 1.54) is 12.1 Å². The average Bonchev–Trinajstić information content (AvgIpc) is 2.30. The van der Waals surface area contributed by atoms with Crippen molar-refractivity contribution in [1.82, 2.24) is 9.97 Å². The van der Waals surface area contributed by atoms with Gasteiger partial charge in [-0.2, -0.15) is 0 Å². The highest BCUT2D eigenvalue weighted by Crippen LogP contribution is 2.14. The molecule has 4 heteroatoms. The second-order valence-electron chi connectivity index (χ2n) is 3.06. The summed E-state index contributed by atoms with van der Waals surface area (Å²) in [4.78, 5) is 8.26. The first-order valence-corrected chi connectivity index (χ1v) is 4.96. The lowest BCUT2D eigenvalue weighted by Gasteiger charge is -2.00. The van der Waals surface area contributed by atoms with E-state index in [1.807, 2.05) is 0 Å². The van der Waals surface area contributed by atoms with Crippen molar-refractivity contribution in [3.05, 3.63) is 48.0 Å². The molecule has 0 fully saturated rings. The molecule has 0 atom stereocenters. The molecule has 1 heterocycles. The van der Waals surface area contributed by atoms with Gasteiger partial charge in [-0.15, -0.1) is 11.6 Å². The quantitative estimate of drug-likeness (QED) is 0.730. The molecule has 2 rings (SSSR count). The maximum atomic E-state index is 12.7. The summed E-state index contributed by atoms with van der Waals surface area (Å²) in [5.41, 5.74) is 1.65. The molecule has 1 aromatic carbocycles. The summed E-state index contributed by atoms with van der Waals surface area (Å²) in [6.07, 6.45) is 3.33. The van der Waals surface area contributed by atoms with Crippen molar-refractivity contribution in [2.45, 2.75) is 5.88 Å². The van der Waals surface area contributed by atoms with Crippen LogP contribution in [0.15, 0.2) is 36.7 Å². The van der Waals surface area contributed by atoms with Gasteiger partial charge in [-0.25, -0.2) is 14.4 Å². The summed E-state index contributed by atoms with van der Waals surface area (Å²) in [5.74, 6) is 0.698. The van der Waals surface area contributed by atoms with Gasteiger partial charge in [0.15, 0.2) is 5.82 Å². The van der Waals surface area contributed by atoms with Crippen molar-refractivity contribution < 1.29 is 4.39 Å². The van der Waals surface area contributed by atoms with Crippen molar-refractivity contribution in [2.75, 3.05) is 0 Å². The highest BCUT2D eigenvalue weighted by Gasteiger charge is 2.00. The number of aromatic nitrogens is 2. The zero-order chi connectivity index (χ0) is 10.7. The van der Waals surface area contributed by atoms with Gasteiger partial charge in [0.05, 0.1) is 5.88 Å². The molecule has 0 unspecified atom stereocenters. The van der Waals surface area contributed by atoms with Gasteiger partial charge in [0.2, 0.25) is 0 Å². The van der Waals surface area contributed by atoms with Gasteiger partial charge in [-0.05, 0) is 24.3 Å². The highest BCUT2D eigenvalue weighted by molar-refractivity contribution is 6.17. The normalized spacial score (nSPS) is 10.3. The Kier molecular flexibility index (Phi) is 2.92. The summed E-state index contributed by atoms with van der Waals surface area (Å²) in [5, 5.41) is 0. The van der Waals surface area contributed by atoms with Crippen LogP contribution in [0, 0.1) is 5.82 Å². The smallest absolute Gasteiger partial charge is 0.159 e. The third-order valence-electron chi connectivity index (χ3n) is 1.96. The number of alkyl halides is 1. The first kappa shape index (κ1) is 10.1. The fourth-order valence-electron chi connectivity index (χ4n) is 1.17. The van der Waals surface area contributed by atoms with Crippen LogP contribution in [0.25, 0.3) is 11.4 Å². The Morgan fingerprint density at radius 3 is 2.20 bits per heavy atom. The molecule has 15 heavy (non-hydrogen) atoms. The Morgan fingerprint density at radius 1 is 1.07 bits per heavy atom. The molecule has 0 aliphatic carbocycles. The minimum Gasteiger partial charge on any atom is -0.236 e. The van der Waals surface area contributed by atoms with Gasteiger partial charge in [0.25, 0.3) is 0 Å². The van der Waals surface area contributed by atoms with Crippen molar-refractivity contribution >= 4 is 11.6 Å². The first-order chi connectivity index (χ1) is 7.29. The largest absolute Gasteiger partial charge is 0.236 e. The van der Waals surface area contributed by atoms with Gasteiger partial charge in [-0.3, -0.25) is 0 Å². The van der Waals surface area contributed by atoms with Crippen LogP contribution in [-0.4, -0.2) is 9.97 Å². The Labute approximate surface area is 91.8 Å². The molecule has 0 spiro atoms. The molecule has 0 saturated heterocycles. The van der Waals surface area contributed by atoms with E-state index < -0.39 is 0 Å². The van der Waals surface area contributed by atoms with Crippen LogP contribution in [0.2, 0.25) is 0 Å². The Morgan fingerprint density at radius 2 is 1.67 bits per heavy atom. The van der Waals surface area contributed by atoms with E-state index in [-0.39, 0.29) is 5.82 Å². The molecule has 0 amide bonds. The van der Waals surface area contributed by atoms with Crippen LogP contribution in [0.1, 0.15) is 5.56 Å². The summed E-state index contributed by atoms with van der Waals surface area (Å²) >= 11 is 5.62. The molecule has 0 aliphatic rings. The van der Waals surface area contributed by atoms with E-state index in [1.54, 1.807) is 24.5 Å². The summed E-state index contributed by atoms with van der Waals surface area (Å²) < 4.78 is 12.7. The number of hydrogen-bond acceptors (Lipinski definition) is 2. The third-order valence-corrected chi connectivity index (χ3v) is 2.27.